The zero-order valence-corrected chi connectivity index (χ0v) is 12.3. The summed E-state index contributed by atoms with van der Waals surface area (Å²) in [5, 5.41) is 10.1. The number of hydrogen-bond donors (Lipinski definition) is 1. The summed E-state index contributed by atoms with van der Waals surface area (Å²) in [7, 11) is 1.48. The van der Waals surface area contributed by atoms with Gasteiger partial charge in [0, 0.05) is 22.3 Å². The van der Waals surface area contributed by atoms with Crippen LogP contribution in [0.1, 0.15) is 17.2 Å². The van der Waals surface area contributed by atoms with Gasteiger partial charge in [-0.15, -0.1) is 11.8 Å². The van der Waals surface area contributed by atoms with Gasteiger partial charge in [-0.1, -0.05) is 17.7 Å². The summed E-state index contributed by atoms with van der Waals surface area (Å²) < 4.78 is 18.8. The van der Waals surface area contributed by atoms with Crippen molar-refractivity contribution in [3.8, 4) is 5.75 Å². The van der Waals surface area contributed by atoms with E-state index in [1.165, 1.54) is 30.5 Å². The minimum Gasteiger partial charge on any atom is -0.497 e. The Labute approximate surface area is 122 Å². The first-order chi connectivity index (χ1) is 9.60. The van der Waals surface area contributed by atoms with E-state index in [0.29, 0.717) is 17.1 Å². The topological polar surface area (TPSA) is 29.5 Å². The number of rotatable bonds is 5. The van der Waals surface area contributed by atoms with Gasteiger partial charge in [-0.2, -0.15) is 0 Å². The summed E-state index contributed by atoms with van der Waals surface area (Å²) in [6, 6.07) is 12.5. The summed E-state index contributed by atoms with van der Waals surface area (Å²) >= 11 is 1.51. The van der Waals surface area contributed by atoms with E-state index in [0.717, 1.165) is 4.90 Å². The molecule has 0 aliphatic rings. The fourth-order valence-electron chi connectivity index (χ4n) is 1.88. The molecule has 2 nitrogen and oxygen atoms in total. The molecule has 2 aromatic carbocycles. The van der Waals surface area contributed by atoms with E-state index in [9.17, 15) is 9.50 Å². The van der Waals surface area contributed by atoms with Crippen LogP contribution in [-0.2, 0) is 0 Å². The number of ether oxygens (including phenoxy) is 1. The third-order valence-corrected chi connectivity index (χ3v) is 4.03. The number of thioether (sulfide) groups is 1. The lowest BCUT2D eigenvalue weighted by Crippen LogP contribution is -2.03. The van der Waals surface area contributed by atoms with E-state index in [1.54, 1.807) is 12.1 Å². The molecule has 106 valence electrons. The second-order valence-electron chi connectivity index (χ2n) is 4.53. The molecule has 0 radical (unpaired) electrons. The van der Waals surface area contributed by atoms with Crippen LogP contribution in [0.4, 0.5) is 4.39 Å². The molecule has 2 rings (SSSR count). The molecular weight excluding hydrogens is 275 g/mol. The van der Waals surface area contributed by atoms with Crippen molar-refractivity contribution < 1.29 is 14.2 Å². The van der Waals surface area contributed by atoms with Crippen molar-refractivity contribution in [2.45, 2.75) is 17.9 Å². The van der Waals surface area contributed by atoms with Gasteiger partial charge in [-0.25, -0.2) is 4.39 Å². The molecule has 1 unspecified atom stereocenters. The molecule has 20 heavy (non-hydrogen) atoms. The fraction of sp³-hybridized carbons (Fsp3) is 0.250. The van der Waals surface area contributed by atoms with Crippen LogP contribution in [0.25, 0.3) is 0 Å². The molecule has 0 bridgehead atoms. The van der Waals surface area contributed by atoms with Crippen molar-refractivity contribution in [1.82, 2.24) is 0 Å². The van der Waals surface area contributed by atoms with Gasteiger partial charge in [0.05, 0.1) is 13.2 Å². The Kier molecular flexibility index (Phi) is 5.04. The lowest BCUT2D eigenvalue weighted by atomic mass is 10.1. The SMILES string of the molecule is COc1ccc(C(O)CSc2cccc(C)c2)c(F)c1. The fourth-order valence-corrected chi connectivity index (χ4v) is 2.85. The average molecular weight is 292 g/mol. The second-order valence-corrected chi connectivity index (χ2v) is 5.62. The number of aryl methyl sites for hydroxylation is 1. The molecule has 0 saturated carbocycles. The van der Waals surface area contributed by atoms with E-state index < -0.39 is 11.9 Å². The standard InChI is InChI=1S/C16H17FO2S/c1-11-4-3-5-13(8-11)20-10-16(18)14-7-6-12(19-2)9-15(14)17/h3-9,16,18H,10H2,1-2H3. The van der Waals surface area contributed by atoms with Crippen LogP contribution in [0.3, 0.4) is 0 Å². The first kappa shape index (κ1) is 14.9. The first-order valence-electron chi connectivity index (χ1n) is 6.31. The highest BCUT2D eigenvalue weighted by Crippen LogP contribution is 2.28. The normalized spacial score (nSPS) is 12.2. The first-order valence-corrected chi connectivity index (χ1v) is 7.29. The molecule has 0 aliphatic heterocycles. The molecule has 4 heteroatoms. The molecule has 0 saturated heterocycles. The number of aliphatic hydroxyl groups excluding tert-OH is 1. The summed E-state index contributed by atoms with van der Waals surface area (Å²) in [5.41, 5.74) is 1.46. The maximum atomic E-state index is 13.8. The van der Waals surface area contributed by atoms with Crippen molar-refractivity contribution >= 4 is 11.8 Å². The molecule has 0 aromatic heterocycles. The van der Waals surface area contributed by atoms with Crippen molar-refractivity contribution in [3.63, 3.8) is 0 Å². The van der Waals surface area contributed by atoms with Gasteiger partial charge in [-0.05, 0) is 31.2 Å². The molecule has 1 N–H and O–H groups in total. The Hall–Kier alpha value is -1.52. The smallest absolute Gasteiger partial charge is 0.132 e. The van der Waals surface area contributed by atoms with Crippen LogP contribution < -0.4 is 4.74 Å². The molecule has 0 aliphatic carbocycles. The zero-order chi connectivity index (χ0) is 14.5. The molecule has 2 aromatic rings. The molecule has 0 spiro atoms. The Morgan fingerprint density at radius 3 is 2.70 bits per heavy atom. The van der Waals surface area contributed by atoms with Gasteiger partial charge in [0.2, 0.25) is 0 Å². The summed E-state index contributed by atoms with van der Waals surface area (Å²) in [6.07, 6.45) is -0.841. The average Bonchev–Trinajstić information content (AvgIpc) is 2.44. The van der Waals surface area contributed by atoms with E-state index in [4.69, 9.17) is 4.74 Å². The highest BCUT2D eigenvalue weighted by atomic mass is 32.2. The van der Waals surface area contributed by atoms with Gasteiger partial charge in [0.25, 0.3) is 0 Å². The van der Waals surface area contributed by atoms with Gasteiger partial charge < -0.3 is 9.84 Å². The summed E-state index contributed by atoms with van der Waals surface area (Å²) in [6.45, 7) is 2.02. The van der Waals surface area contributed by atoms with Gasteiger partial charge in [-0.3, -0.25) is 0 Å². The van der Waals surface area contributed by atoms with Crippen LogP contribution in [0.5, 0.6) is 5.75 Å². The predicted molar refractivity (Wildman–Crippen MR) is 79.8 cm³/mol. The van der Waals surface area contributed by atoms with Crippen molar-refractivity contribution in [2.24, 2.45) is 0 Å². The Morgan fingerprint density at radius 1 is 1.25 bits per heavy atom. The van der Waals surface area contributed by atoms with Crippen LogP contribution in [0.2, 0.25) is 0 Å². The Morgan fingerprint density at radius 2 is 2.05 bits per heavy atom. The monoisotopic (exact) mass is 292 g/mol. The minimum absolute atomic E-state index is 0.297. The predicted octanol–water partition coefficient (Wildman–Crippen LogP) is 3.97. The minimum atomic E-state index is -0.841. The summed E-state index contributed by atoms with van der Waals surface area (Å²) in [5.74, 6) is 0.415. The third kappa shape index (κ3) is 3.74. The molecule has 0 fully saturated rings. The lowest BCUT2D eigenvalue weighted by Gasteiger charge is -2.12. The van der Waals surface area contributed by atoms with Crippen LogP contribution in [0, 0.1) is 12.7 Å². The largest absolute Gasteiger partial charge is 0.497 e. The number of hydrogen-bond acceptors (Lipinski definition) is 3. The lowest BCUT2D eigenvalue weighted by molar-refractivity contribution is 0.198. The number of aliphatic hydroxyl groups is 1. The van der Waals surface area contributed by atoms with Crippen molar-refractivity contribution in [3.05, 3.63) is 59.4 Å². The number of methoxy groups -OCH3 is 1. The number of benzene rings is 2. The molecule has 0 heterocycles. The quantitative estimate of drug-likeness (QED) is 0.846. The Bertz CT molecular complexity index is 586. The molecule has 0 amide bonds. The van der Waals surface area contributed by atoms with Crippen LogP contribution >= 0.6 is 11.8 Å². The van der Waals surface area contributed by atoms with E-state index in [2.05, 4.69) is 0 Å². The van der Waals surface area contributed by atoms with Crippen molar-refractivity contribution in [2.75, 3.05) is 12.9 Å². The highest BCUT2D eigenvalue weighted by molar-refractivity contribution is 7.99. The van der Waals surface area contributed by atoms with Crippen molar-refractivity contribution in [1.29, 1.82) is 0 Å². The van der Waals surface area contributed by atoms with Gasteiger partial charge in [0.15, 0.2) is 0 Å². The molecule has 1 atom stereocenters. The van der Waals surface area contributed by atoms with Gasteiger partial charge in [0.1, 0.15) is 11.6 Å². The second kappa shape index (κ2) is 6.77. The van der Waals surface area contributed by atoms with Gasteiger partial charge >= 0.3 is 0 Å². The van der Waals surface area contributed by atoms with Crippen LogP contribution in [0.15, 0.2) is 47.4 Å². The summed E-state index contributed by atoms with van der Waals surface area (Å²) in [4.78, 5) is 1.07. The molecular formula is C16H17FO2S. The maximum Gasteiger partial charge on any atom is 0.132 e. The van der Waals surface area contributed by atoms with E-state index in [-0.39, 0.29) is 0 Å². The number of halogens is 1. The maximum absolute atomic E-state index is 13.8. The van der Waals surface area contributed by atoms with E-state index >= 15 is 0 Å². The highest BCUT2D eigenvalue weighted by Gasteiger charge is 2.14. The zero-order valence-electron chi connectivity index (χ0n) is 11.5. The van der Waals surface area contributed by atoms with E-state index in [1.807, 2.05) is 31.2 Å². The Balaban J connectivity index is 2.03. The third-order valence-electron chi connectivity index (χ3n) is 2.96. The van der Waals surface area contributed by atoms with Crippen LogP contribution in [-0.4, -0.2) is 18.0 Å².